The summed E-state index contributed by atoms with van der Waals surface area (Å²) in [6, 6.07) is 0. The molecule has 0 amide bonds. The summed E-state index contributed by atoms with van der Waals surface area (Å²) in [4.78, 5) is 22.8. The van der Waals surface area contributed by atoms with Crippen molar-refractivity contribution in [3.8, 4) is 0 Å². The van der Waals surface area contributed by atoms with Crippen LogP contribution < -0.4 is 0 Å². The minimum atomic E-state index is -0.434. The Balaban J connectivity index is 2.25. The van der Waals surface area contributed by atoms with Crippen LogP contribution in [0.5, 0.6) is 0 Å². The van der Waals surface area contributed by atoms with Gasteiger partial charge in [-0.2, -0.15) is 0 Å². The van der Waals surface area contributed by atoms with Crippen molar-refractivity contribution in [3.05, 3.63) is 0 Å². The monoisotopic (exact) mass is 228 g/mol. The van der Waals surface area contributed by atoms with Gasteiger partial charge in [-0.15, -0.1) is 0 Å². The molecular weight excluding hydrogens is 208 g/mol. The van der Waals surface area contributed by atoms with E-state index in [4.69, 9.17) is 9.47 Å². The van der Waals surface area contributed by atoms with Crippen LogP contribution in [-0.4, -0.2) is 25.2 Å². The van der Waals surface area contributed by atoms with Gasteiger partial charge < -0.3 is 9.47 Å². The lowest BCUT2D eigenvalue weighted by Crippen LogP contribution is -2.26. The van der Waals surface area contributed by atoms with Crippen LogP contribution in [0.25, 0.3) is 0 Å². The maximum atomic E-state index is 11.6. The molecule has 1 saturated heterocycles. The molecule has 1 unspecified atom stereocenters. The van der Waals surface area contributed by atoms with Gasteiger partial charge in [0.2, 0.25) is 0 Å². The van der Waals surface area contributed by atoms with E-state index in [2.05, 4.69) is 0 Å². The third kappa shape index (κ3) is 3.22. The largest absolute Gasteiger partial charge is 0.465 e. The first-order valence-corrected chi connectivity index (χ1v) is 5.81. The van der Waals surface area contributed by atoms with Gasteiger partial charge in [0.1, 0.15) is 0 Å². The molecule has 0 aromatic carbocycles. The SMILES string of the molecule is CCC(C)(C)C(=O)OCCC1CCOC1=O. The van der Waals surface area contributed by atoms with Gasteiger partial charge in [0.25, 0.3) is 0 Å². The van der Waals surface area contributed by atoms with Crippen molar-refractivity contribution in [1.29, 1.82) is 0 Å². The molecule has 0 aromatic heterocycles. The summed E-state index contributed by atoms with van der Waals surface area (Å²) in [5.74, 6) is -0.440. The molecule has 0 N–H and O–H groups in total. The molecule has 1 rings (SSSR count). The normalized spacial score (nSPS) is 20.7. The van der Waals surface area contributed by atoms with E-state index < -0.39 is 5.41 Å². The molecule has 1 heterocycles. The zero-order chi connectivity index (χ0) is 12.2. The number of cyclic esters (lactones) is 1. The highest BCUT2D eigenvalue weighted by Crippen LogP contribution is 2.23. The molecule has 0 saturated carbocycles. The molecule has 1 aliphatic heterocycles. The van der Waals surface area contributed by atoms with Gasteiger partial charge in [-0.1, -0.05) is 6.92 Å². The fourth-order valence-electron chi connectivity index (χ4n) is 1.43. The van der Waals surface area contributed by atoms with Gasteiger partial charge in [-0.25, -0.2) is 0 Å². The average Bonchev–Trinajstić information content (AvgIpc) is 2.64. The van der Waals surface area contributed by atoms with Gasteiger partial charge in [0.15, 0.2) is 0 Å². The lowest BCUT2D eigenvalue weighted by Gasteiger charge is -2.20. The summed E-state index contributed by atoms with van der Waals surface area (Å²) in [5.41, 5.74) is -0.434. The Hall–Kier alpha value is -1.06. The summed E-state index contributed by atoms with van der Waals surface area (Å²) in [6.07, 6.45) is 2.06. The molecule has 0 aliphatic carbocycles. The number of carbonyl (C=O) groups excluding carboxylic acids is 2. The Morgan fingerprint density at radius 1 is 1.56 bits per heavy atom. The number of hydrogen-bond donors (Lipinski definition) is 0. The quantitative estimate of drug-likeness (QED) is 0.674. The van der Waals surface area contributed by atoms with E-state index in [0.29, 0.717) is 19.6 Å². The van der Waals surface area contributed by atoms with Gasteiger partial charge in [-0.3, -0.25) is 9.59 Å². The topological polar surface area (TPSA) is 52.6 Å². The molecule has 1 atom stereocenters. The number of rotatable bonds is 5. The number of hydrogen-bond acceptors (Lipinski definition) is 4. The van der Waals surface area contributed by atoms with Crippen molar-refractivity contribution >= 4 is 11.9 Å². The lowest BCUT2D eigenvalue weighted by atomic mass is 9.91. The summed E-state index contributed by atoms with van der Waals surface area (Å²) in [6.45, 7) is 6.48. The van der Waals surface area contributed by atoms with Crippen molar-refractivity contribution < 1.29 is 19.1 Å². The first kappa shape index (κ1) is 13.0. The number of ether oxygens (including phenoxy) is 2. The average molecular weight is 228 g/mol. The maximum absolute atomic E-state index is 11.6. The van der Waals surface area contributed by atoms with E-state index in [1.807, 2.05) is 20.8 Å². The second-order valence-corrected chi connectivity index (χ2v) is 4.82. The van der Waals surface area contributed by atoms with E-state index >= 15 is 0 Å². The standard InChI is InChI=1S/C12H20O4/c1-4-12(2,3)11(14)16-8-6-9-5-7-15-10(9)13/h9H,4-8H2,1-3H3. The van der Waals surface area contributed by atoms with E-state index in [0.717, 1.165) is 12.8 Å². The second-order valence-electron chi connectivity index (χ2n) is 4.82. The molecule has 0 aromatic rings. The van der Waals surface area contributed by atoms with Crippen LogP contribution in [0.2, 0.25) is 0 Å². The van der Waals surface area contributed by atoms with Crippen molar-refractivity contribution in [3.63, 3.8) is 0 Å². The number of esters is 2. The highest BCUT2D eigenvalue weighted by atomic mass is 16.5. The molecule has 92 valence electrons. The molecule has 0 bridgehead atoms. The predicted molar refractivity (Wildman–Crippen MR) is 58.7 cm³/mol. The summed E-state index contributed by atoms with van der Waals surface area (Å²) in [7, 11) is 0. The maximum Gasteiger partial charge on any atom is 0.311 e. The predicted octanol–water partition coefficient (Wildman–Crippen LogP) is 1.92. The molecule has 1 aliphatic rings. The molecule has 0 spiro atoms. The van der Waals surface area contributed by atoms with Crippen LogP contribution in [0.1, 0.15) is 40.0 Å². The van der Waals surface area contributed by atoms with E-state index in [1.165, 1.54) is 0 Å². The van der Waals surface area contributed by atoms with E-state index in [1.54, 1.807) is 0 Å². The van der Waals surface area contributed by atoms with Crippen molar-refractivity contribution in [1.82, 2.24) is 0 Å². The lowest BCUT2D eigenvalue weighted by molar-refractivity contribution is -0.155. The van der Waals surface area contributed by atoms with Gasteiger partial charge >= 0.3 is 11.9 Å². The van der Waals surface area contributed by atoms with Crippen LogP contribution in [0.3, 0.4) is 0 Å². The highest BCUT2D eigenvalue weighted by molar-refractivity contribution is 5.76. The van der Waals surface area contributed by atoms with Crippen LogP contribution in [0.15, 0.2) is 0 Å². The second kappa shape index (κ2) is 5.32. The zero-order valence-electron chi connectivity index (χ0n) is 10.2. The fourth-order valence-corrected chi connectivity index (χ4v) is 1.43. The van der Waals surface area contributed by atoms with Gasteiger partial charge in [0, 0.05) is 0 Å². The Morgan fingerprint density at radius 3 is 2.75 bits per heavy atom. The zero-order valence-corrected chi connectivity index (χ0v) is 10.2. The minimum Gasteiger partial charge on any atom is -0.465 e. The minimum absolute atomic E-state index is 0.0856. The summed E-state index contributed by atoms with van der Waals surface area (Å²) < 4.78 is 9.99. The molecule has 4 nitrogen and oxygen atoms in total. The Bertz CT molecular complexity index is 270. The Labute approximate surface area is 96.3 Å². The van der Waals surface area contributed by atoms with Crippen molar-refractivity contribution in [2.75, 3.05) is 13.2 Å². The molecule has 4 heteroatoms. The Kier molecular flexibility index (Phi) is 4.33. The molecule has 0 radical (unpaired) electrons. The highest BCUT2D eigenvalue weighted by Gasteiger charge is 2.29. The smallest absolute Gasteiger partial charge is 0.311 e. The molecular formula is C12H20O4. The summed E-state index contributed by atoms with van der Waals surface area (Å²) in [5, 5.41) is 0. The van der Waals surface area contributed by atoms with Crippen LogP contribution in [0, 0.1) is 11.3 Å². The van der Waals surface area contributed by atoms with E-state index in [-0.39, 0.29) is 17.9 Å². The van der Waals surface area contributed by atoms with Crippen molar-refractivity contribution in [2.24, 2.45) is 11.3 Å². The first-order valence-electron chi connectivity index (χ1n) is 5.81. The third-order valence-corrected chi connectivity index (χ3v) is 3.18. The van der Waals surface area contributed by atoms with Crippen molar-refractivity contribution in [2.45, 2.75) is 40.0 Å². The number of carbonyl (C=O) groups is 2. The first-order chi connectivity index (χ1) is 7.47. The Morgan fingerprint density at radius 2 is 2.25 bits per heavy atom. The molecule has 1 fully saturated rings. The summed E-state index contributed by atoms with van der Waals surface area (Å²) >= 11 is 0. The van der Waals surface area contributed by atoms with Gasteiger partial charge in [-0.05, 0) is 33.1 Å². The fraction of sp³-hybridized carbons (Fsp3) is 0.833. The van der Waals surface area contributed by atoms with Crippen LogP contribution >= 0.6 is 0 Å². The third-order valence-electron chi connectivity index (χ3n) is 3.18. The van der Waals surface area contributed by atoms with Crippen LogP contribution in [0.4, 0.5) is 0 Å². The molecule has 16 heavy (non-hydrogen) atoms. The van der Waals surface area contributed by atoms with Gasteiger partial charge in [0.05, 0.1) is 24.5 Å². The van der Waals surface area contributed by atoms with E-state index in [9.17, 15) is 9.59 Å². The van der Waals surface area contributed by atoms with Crippen LogP contribution in [-0.2, 0) is 19.1 Å².